The first kappa shape index (κ1) is 27.0. The number of ether oxygens (including phenoxy) is 3. The third kappa shape index (κ3) is 7.45. The van der Waals surface area contributed by atoms with Crippen molar-refractivity contribution in [1.29, 1.82) is 0 Å². The molecule has 1 N–H and O–H groups in total. The Morgan fingerprint density at radius 2 is 1.86 bits per heavy atom. The fraction of sp³-hybridized carbons (Fsp3) is 0.367. The van der Waals surface area contributed by atoms with Crippen LogP contribution in [0, 0.1) is 11.8 Å². The number of aliphatic hydroxyl groups is 1. The summed E-state index contributed by atoms with van der Waals surface area (Å²) >= 11 is 0. The first-order valence-corrected chi connectivity index (χ1v) is 12.2. The maximum absolute atomic E-state index is 13.1. The molecule has 1 saturated carbocycles. The molecule has 1 fully saturated rings. The maximum atomic E-state index is 13.1. The molecule has 190 valence electrons. The molecule has 2 aromatic carbocycles. The van der Waals surface area contributed by atoms with Crippen LogP contribution in [0.25, 0.3) is 0 Å². The summed E-state index contributed by atoms with van der Waals surface area (Å²) in [6.45, 7) is 0.552. The van der Waals surface area contributed by atoms with Gasteiger partial charge in [0.1, 0.15) is 17.3 Å². The fourth-order valence-electron chi connectivity index (χ4n) is 4.55. The van der Waals surface area contributed by atoms with Crippen LogP contribution in [0.4, 0.5) is 0 Å². The van der Waals surface area contributed by atoms with Crippen molar-refractivity contribution in [2.24, 2.45) is 11.8 Å². The highest BCUT2D eigenvalue weighted by Gasteiger charge is 2.41. The molecule has 0 bridgehead atoms. The molecule has 6 nitrogen and oxygen atoms in total. The minimum Gasteiger partial charge on any atom is -0.496 e. The Morgan fingerprint density at radius 1 is 1.11 bits per heavy atom. The highest BCUT2D eigenvalue weighted by Crippen LogP contribution is 2.46. The van der Waals surface area contributed by atoms with Crippen molar-refractivity contribution in [2.45, 2.75) is 37.7 Å². The van der Waals surface area contributed by atoms with Crippen LogP contribution in [0.1, 0.15) is 37.2 Å². The van der Waals surface area contributed by atoms with Crippen LogP contribution in [0.5, 0.6) is 11.5 Å². The van der Waals surface area contributed by atoms with Crippen LogP contribution in [0.3, 0.4) is 0 Å². The smallest absolute Gasteiger partial charge is 0.335 e. The molecule has 0 heterocycles. The number of carbonyl (C=O) groups excluding carboxylic acids is 2. The molecule has 4 atom stereocenters. The predicted molar refractivity (Wildman–Crippen MR) is 138 cm³/mol. The topological polar surface area (TPSA) is 82.1 Å². The van der Waals surface area contributed by atoms with Crippen molar-refractivity contribution in [3.8, 4) is 11.5 Å². The first-order valence-electron chi connectivity index (χ1n) is 12.2. The van der Waals surface area contributed by atoms with Crippen molar-refractivity contribution < 1.29 is 28.9 Å². The number of methoxy groups -OCH3 is 2. The molecule has 36 heavy (non-hydrogen) atoms. The van der Waals surface area contributed by atoms with Gasteiger partial charge in [0.15, 0.2) is 6.10 Å². The van der Waals surface area contributed by atoms with Crippen LogP contribution in [0.15, 0.2) is 84.6 Å². The highest BCUT2D eigenvalue weighted by atomic mass is 16.5. The summed E-state index contributed by atoms with van der Waals surface area (Å²) in [5, 5.41) is 9.69. The molecule has 0 spiro atoms. The first-order chi connectivity index (χ1) is 17.5. The van der Waals surface area contributed by atoms with Gasteiger partial charge >= 0.3 is 5.97 Å². The van der Waals surface area contributed by atoms with Gasteiger partial charge in [-0.15, -0.1) is 5.73 Å². The summed E-state index contributed by atoms with van der Waals surface area (Å²) in [4.78, 5) is 24.4. The van der Waals surface area contributed by atoms with Gasteiger partial charge in [0, 0.05) is 24.7 Å². The number of esters is 1. The molecule has 1 unspecified atom stereocenters. The molecule has 0 radical (unpaired) electrons. The summed E-state index contributed by atoms with van der Waals surface area (Å²) in [6, 6.07) is 17.5. The van der Waals surface area contributed by atoms with E-state index in [0.29, 0.717) is 19.4 Å². The number of benzene rings is 2. The lowest BCUT2D eigenvalue weighted by atomic mass is 9.82. The summed E-state index contributed by atoms with van der Waals surface area (Å²) in [5.41, 5.74) is 4.03. The van der Waals surface area contributed by atoms with Crippen molar-refractivity contribution in [3.05, 3.63) is 90.2 Å². The molecule has 0 amide bonds. The quantitative estimate of drug-likeness (QED) is 0.194. The Balaban J connectivity index is 1.71. The summed E-state index contributed by atoms with van der Waals surface area (Å²) in [5.74, 6) is 0.967. The second-order valence-electron chi connectivity index (χ2n) is 8.67. The second-order valence-corrected chi connectivity index (χ2v) is 8.67. The van der Waals surface area contributed by atoms with E-state index in [1.54, 1.807) is 19.3 Å². The normalized spacial score (nSPS) is 20.0. The Hall–Kier alpha value is -3.60. The lowest BCUT2D eigenvalue weighted by Gasteiger charge is -2.22. The van der Waals surface area contributed by atoms with Gasteiger partial charge in [-0.1, -0.05) is 48.6 Å². The number of aliphatic hydroxyl groups excluding tert-OH is 1. The fourth-order valence-corrected chi connectivity index (χ4v) is 4.55. The predicted octanol–water partition coefficient (Wildman–Crippen LogP) is 5.03. The van der Waals surface area contributed by atoms with Gasteiger partial charge < -0.3 is 19.3 Å². The molecule has 6 heteroatoms. The van der Waals surface area contributed by atoms with E-state index in [9.17, 15) is 14.7 Å². The molecule has 1 aliphatic rings. The average Bonchev–Trinajstić information content (AvgIpc) is 3.22. The van der Waals surface area contributed by atoms with E-state index < -0.39 is 12.1 Å². The van der Waals surface area contributed by atoms with Crippen LogP contribution in [0.2, 0.25) is 0 Å². The van der Waals surface area contributed by atoms with Crippen molar-refractivity contribution in [2.75, 3.05) is 20.8 Å². The number of ketones is 1. The standard InChI is InChI=1S/C30H34O6/c1-34-29-19-10-9-17-25(29)26-21-28(32)24(16-7-4-8-18-27(31)30(33)35-2)23(26)15-11-12-20-36-22-13-5-3-6-14-22/h3,5-11,13-15,17,19,23-24,26-27,31H,12,16,18,20-21H2,1-2H3/b15-11+/t4?,23-,24-,26-,27?/m1/s1. The largest absolute Gasteiger partial charge is 0.496 e. The van der Waals surface area contributed by atoms with E-state index in [2.05, 4.69) is 22.6 Å². The molecule has 0 aromatic heterocycles. The van der Waals surface area contributed by atoms with Gasteiger partial charge in [0.25, 0.3) is 0 Å². The van der Waals surface area contributed by atoms with Crippen molar-refractivity contribution >= 4 is 11.8 Å². The molecule has 3 rings (SSSR count). The number of hydrogen-bond acceptors (Lipinski definition) is 6. The highest BCUT2D eigenvalue weighted by molar-refractivity contribution is 5.85. The van der Waals surface area contributed by atoms with E-state index in [1.165, 1.54) is 7.11 Å². The molecule has 1 aliphatic carbocycles. The van der Waals surface area contributed by atoms with E-state index in [0.717, 1.165) is 23.5 Å². The summed E-state index contributed by atoms with van der Waals surface area (Å²) in [7, 11) is 2.88. The maximum Gasteiger partial charge on any atom is 0.335 e. The van der Waals surface area contributed by atoms with Crippen LogP contribution in [-0.4, -0.2) is 43.8 Å². The van der Waals surface area contributed by atoms with Gasteiger partial charge in [-0.25, -0.2) is 4.79 Å². The van der Waals surface area contributed by atoms with Gasteiger partial charge in [0.05, 0.1) is 20.8 Å². The lowest BCUT2D eigenvalue weighted by Crippen LogP contribution is -2.20. The average molecular weight is 491 g/mol. The zero-order valence-electron chi connectivity index (χ0n) is 20.8. The second kappa shape index (κ2) is 14.1. The zero-order chi connectivity index (χ0) is 25.8. The van der Waals surface area contributed by atoms with E-state index >= 15 is 0 Å². The Bertz CT molecular complexity index is 1080. The van der Waals surface area contributed by atoms with E-state index in [1.807, 2.05) is 54.6 Å². The SMILES string of the molecule is COC(=O)C(O)CC=C=CC[C@H]1C(=O)C[C@@H](c2ccccc2OC)[C@@H]1/C=C/CCOc1ccccc1. The number of allylic oxidation sites excluding steroid dienone is 1. The number of hydrogen-bond donors (Lipinski definition) is 1. The van der Waals surface area contributed by atoms with Crippen LogP contribution in [-0.2, 0) is 14.3 Å². The van der Waals surface area contributed by atoms with Crippen LogP contribution < -0.4 is 9.47 Å². The van der Waals surface area contributed by atoms with E-state index in [4.69, 9.17) is 9.47 Å². The molecular formula is C30H34O6. The number of rotatable bonds is 12. The Morgan fingerprint density at radius 3 is 2.61 bits per heavy atom. The third-order valence-corrected chi connectivity index (χ3v) is 6.38. The minimum absolute atomic E-state index is 0.00392. The molecule has 0 aliphatic heterocycles. The zero-order valence-corrected chi connectivity index (χ0v) is 20.8. The van der Waals surface area contributed by atoms with Crippen molar-refractivity contribution in [1.82, 2.24) is 0 Å². The molecule has 0 saturated heterocycles. The lowest BCUT2D eigenvalue weighted by molar-refractivity contribution is -0.150. The van der Waals surface area contributed by atoms with Crippen LogP contribution >= 0.6 is 0 Å². The van der Waals surface area contributed by atoms with Gasteiger partial charge in [-0.05, 0) is 54.7 Å². The number of carbonyl (C=O) groups is 2. The number of Topliss-reactive ketones (excluding diaryl/α,β-unsaturated/α-hetero) is 1. The third-order valence-electron chi connectivity index (χ3n) is 6.38. The van der Waals surface area contributed by atoms with Gasteiger partial charge in [0.2, 0.25) is 0 Å². The van der Waals surface area contributed by atoms with E-state index in [-0.39, 0.29) is 30.0 Å². The molecular weight excluding hydrogens is 456 g/mol. The molecule has 2 aromatic rings. The minimum atomic E-state index is -1.22. The Kier molecular flexibility index (Phi) is 10.6. The summed E-state index contributed by atoms with van der Waals surface area (Å²) < 4.78 is 15.9. The van der Waals surface area contributed by atoms with Gasteiger partial charge in [-0.3, -0.25) is 4.79 Å². The number of para-hydroxylation sites is 2. The van der Waals surface area contributed by atoms with Crippen molar-refractivity contribution in [3.63, 3.8) is 0 Å². The Labute approximate surface area is 212 Å². The monoisotopic (exact) mass is 490 g/mol. The van der Waals surface area contributed by atoms with Gasteiger partial charge in [-0.2, -0.15) is 0 Å². The summed E-state index contributed by atoms with van der Waals surface area (Å²) in [6.07, 6.45) is 8.20.